The first kappa shape index (κ1) is 15.3. The molecular formula is C18H21NO2. The van der Waals surface area contributed by atoms with Crippen molar-refractivity contribution in [1.29, 1.82) is 0 Å². The van der Waals surface area contributed by atoms with Crippen LogP contribution >= 0.6 is 0 Å². The Morgan fingerprint density at radius 3 is 2.43 bits per heavy atom. The van der Waals surface area contributed by atoms with Crippen molar-refractivity contribution in [3.8, 4) is 0 Å². The number of benzene rings is 2. The Morgan fingerprint density at radius 2 is 1.81 bits per heavy atom. The first-order chi connectivity index (χ1) is 9.97. The Labute approximate surface area is 126 Å². The highest BCUT2D eigenvalue weighted by Crippen LogP contribution is 2.29. The lowest BCUT2D eigenvalue weighted by Crippen LogP contribution is -2.40. The van der Waals surface area contributed by atoms with Crippen molar-refractivity contribution >= 4 is 11.6 Å². The normalized spacial score (nSPS) is 13.5. The smallest absolute Gasteiger partial charge is 0.260 e. The van der Waals surface area contributed by atoms with Crippen LogP contribution in [0.25, 0.3) is 0 Å². The molecule has 0 aliphatic rings. The fraction of sp³-hybridized carbons (Fsp3) is 0.278. The number of anilines is 1. The Kier molecular flexibility index (Phi) is 4.43. The zero-order chi connectivity index (χ0) is 15.5. The third-order valence-electron chi connectivity index (χ3n) is 3.78. The van der Waals surface area contributed by atoms with Crippen LogP contribution in [0.2, 0.25) is 0 Å². The van der Waals surface area contributed by atoms with Crippen LogP contribution in [-0.2, 0) is 15.1 Å². The minimum absolute atomic E-state index is 0.176. The summed E-state index contributed by atoms with van der Waals surface area (Å²) in [5.74, 6) is -0.176. The van der Waals surface area contributed by atoms with Gasteiger partial charge in [0.05, 0.1) is 0 Å². The van der Waals surface area contributed by atoms with Crippen molar-refractivity contribution in [3.05, 3.63) is 65.2 Å². The molecule has 1 unspecified atom stereocenters. The first-order valence-corrected chi connectivity index (χ1v) is 6.97. The van der Waals surface area contributed by atoms with Gasteiger partial charge in [-0.05, 0) is 49.6 Å². The van der Waals surface area contributed by atoms with Gasteiger partial charge in [0, 0.05) is 12.8 Å². The number of rotatable bonds is 4. The number of nitrogens with one attached hydrogen (secondary N) is 1. The molecule has 0 saturated heterocycles. The van der Waals surface area contributed by atoms with E-state index in [1.807, 2.05) is 62.4 Å². The second-order valence-corrected chi connectivity index (χ2v) is 5.38. The monoisotopic (exact) mass is 283 g/mol. The van der Waals surface area contributed by atoms with E-state index in [1.165, 1.54) is 0 Å². The fourth-order valence-electron chi connectivity index (χ4n) is 2.41. The molecule has 0 fully saturated rings. The van der Waals surface area contributed by atoms with E-state index in [9.17, 15) is 4.79 Å². The van der Waals surface area contributed by atoms with Crippen LogP contribution in [0.15, 0.2) is 48.5 Å². The maximum Gasteiger partial charge on any atom is 0.260 e. The summed E-state index contributed by atoms with van der Waals surface area (Å²) in [6, 6.07) is 15.5. The van der Waals surface area contributed by atoms with Crippen LogP contribution < -0.4 is 5.32 Å². The quantitative estimate of drug-likeness (QED) is 0.926. The summed E-state index contributed by atoms with van der Waals surface area (Å²) in [5.41, 5.74) is 2.76. The van der Waals surface area contributed by atoms with Crippen molar-refractivity contribution in [3.63, 3.8) is 0 Å². The van der Waals surface area contributed by atoms with Gasteiger partial charge in [-0.15, -0.1) is 0 Å². The molecule has 2 aromatic rings. The van der Waals surface area contributed by atoms with Crippen LogP contribution in [0.1, 0.15) is 23.6 Å². The number of amides is 1. The Bertz CT molecular complexity index is 651. The number of hydrogen-bond donors (Lipinski definition) is 1. The molecule has 0 radical (unpaired) electrons. The maximum atomic E-state index is 12.7. The number of ether oxygens (including phenoxy) is 1. The first-order valence-electron chi connectivity index (χ1n) is 6.97. The standard InChI is InChI=1S/C18H21NO2/c1-13-8-7-10-15(12-13)19-17(20)18(3,21-4)16-11-6-5-9-14(16)2/h5-12H,1-4H3,(H,19,20). The molecule has 0 aliphatic carbocycles. The minimum atomic E-state index is -1.02. The van der Waals surface area contributed by atoms with Gasteiger partial charge < -0.3 is 10.1 Å². The van der Waals surface area contributed by atoms with E-state index in [0.717, 1.165) is 22.4 Å². The van der Waals surface area contributed by atoms with Crippen LogP contribution in [0.3, 0.4) is 0 Å². The van der Waals surface area contributed by atoms with Crippen molar-refractivity contribution in [2.75, 3.05) is 12.4 Å². The maximum absolute atomic E-state index is 12.7. The summed E-state index contributed by atoms with van der Waals surface area (Å²) < 4.78 is 5.56. The van der Waals surface area contributed by atoms with E-state index >= 15 is 0 Å². The summed E-state index contributed by atoms with van der Waals surface area (Å²) in [7, 11) is 1.56. The molecule has 2 aromatic carbocycles. The van der Waals surface area contributed by atoms with Crippen LogP contribution in [0.5, 0.6) is 0 Å². The Balaban J connectivity index is 2.32. The van der Waals surface area contributed by atoms with Crippen LogP contribution in [-0.4, -0.2) is 13.0 Å². The highest BCUT2D eigenvalue weighted by Gasteiger charge is 2.36. The lowest BCUT2D eigenvalue weighted by atomic mass is 9.90. The van der Waals surface area contributed by atoms with E-state index < -0.39 is 5.60 Å². The molecule has 3 nitrogen and oxygen atoms in total. The van der Waals surface area contributed by atoms with E-state index in [0.29, 0.717) is 0 Å². The third kappa shape index (κ3) is 3.14. The molecule has 21 heavy (non-hydrogen) atoms. The van der Waals surface area contributed by atoms with Gasteiger partial charge >= 0.3 is 0 Å². The molecule has 3 heteroatoms. The predicted octanol–water partition coefficient (Wildman–Crippen LogP) is 3.80. The molecule has 0 aliphatic heterocycles. The van der Waals surface area contributed by atoms with E-state index in [-0.39, 0.29) is 5.91 Å². The summed E-state index contributed by atoms with van der Waals surface area (Å²) in [6.45, 7) is 5.76. The van der Waals surface area contributed by atoms with Gasteiger partial charge in [0.15, 0.2) is 5.60 Å². The molecule has 1 N–H and O–H groups in total. The van der Waals surface area contributed by atoms with Gasteiger partial charge in [0.2, 0.25) is 0 Å². The molecule has 110 valence electrons. The Hall–Kier alpha value is -2.13. The molecule has 0 heterocycles. The molecule has 0 bridgehead atoms. The fourth-order valence-corrected chi connectivity index (χ4v) is 2.41. The highest BCUT2D eigenvalue weighted by atomic mass is 16.5. The van der Waals surface area contributed by atoms with Gasteiger partial charge in [-0.3, -0.25) is 4.79 Å². The Morgan fingerprint density at radius 1 is 1.10 bits per heavy atom. The molecule has 1 amide bonds. The molecule has 0 aromatic heterocycles. The minimum Gasteiger partial charge on any atom is -0.364 e. The lowest BCUT2D eigenvalue weighted by Gasteiger charge is -2.29. The molecule has 0 saturated carbocycles. The van der Waals surface area contributed by atoms with Gasteiger partial charge in [0.1, 0.15) is 0 Å². The highest BCUT2D eigenvalue weighted by molar-refractivity contribution is 5.98. The second-order valence-electron chi connectivity index (χ2n) is 5.38. The van der Waals surface area contributed by atoms with Gasteiger partial charge in [-0.25, -0.2) is 0 Å². The number of carbonyl (C=O) groups excluding carboxylic acids is 1. The number of carbonyl (C=O) groups is 1. The van der Waals surface area contributed by atoms with Crippen molar-refractivity contribution in [2.45, 2.75) is 26.4 Å². The molecule has 2 rings (SSSR count). The van der Waals surface area contributed by atoms with Crippen molar-refractivity contribution < 1.29 is 9.53 Å². The number of aryl methyl sites for hydroxylation is 2. The molecular weight excluding hydrogens is 262 g/mol. The second kappa shape index (κ2) is 6.10. The summed E-state index contributed by atoms with van der Waals surface area (Å²) >= 11 is 0. The van der Waals surface area contributed by atoms with Crippen LogP contribution in [0, 0.1) is 13.8 Å². The van der Waals surface area contributed by atoms with Crippen molar-refractivity contribution in [2.24, 2.45) is 0 Å². The van der Waals surface area contributed by atoms with Gasteiger partial charge in [0.25, 0.3) is 5.91 Å². The van der Waals surface area contributed by atoms with E-state index in [2.05, 4.69) is 5.32 Å². The average Bonchev–Trinajstić information content (AvgIpc) is 2.47. The topological polar surface area (TPSA) is 38.3 Å². The van der Waals surface area contributed by atoms with E-state index in [4.69, 9.17) is 4.74 Å². The van der Waals surface area contributed by atoms with Gasteiger partial charge in [-0.1, -0.05) is 36.4 Å². The summed E-state index contributed by atoms with van der Waals surface area (Å²) in [4.78, 5) is 12.7. The zero-order valence-corrected chi connectivity index (χ0v) is 12.9. The largest absolute Gasteiger partial charge is 0.364 e. The van der Waals surface area contributed by atoms with E-state index in [1.54, 1.807) is 14.0 Å². The predicted molar refractivity (Wildman–Crippen MR) is 85.3 cm³/mol. The van der Waals surface area contributed by atoms with Gasteiger partial charge in [-0.2, -0.15) is 0 Å². The zero-order valence-electron chi connectivity index (χ0n) is 12.9. The third-order valence-corrected chi connectivity index (χ3v) is 3.78. The molecule has 0 spiro atoms. The number of methoxy groups -OCH3 is 1. The number of hydrogen-bond acceptors (Lipinski definition) is 2. The molecule has 1 atom stereocenters. The van der Waals surface area contributed by atoms with Crippen molar-refractivity contribution in [1.82, 2.24) is 0 Å². The SMILES string of the molecule is COC(C)(C(=O)Nc1cccc(C)c1)c1ccccc1C. The lowest BCUT2D eigenvalue weighted by molar-refractivity contribution is -0.136. The average molecular weight is 283 g/mol. The summed E-state index contributed by atoms with van der Waals surface area (Å²) in [5, 5.41) is 2.94. The summed E-state index contributed by atoms with van der Waals surface area (Å²) in [6.07, 6.45) is 0. The van der Waals surface area contributed by atoms with Crippen LogP contribution in [0.4, 0.5) is 5.69 Å².